The molecule has 3 aromatic rings. The average Bonchev–Trinajstić information content (AvgIpc) is 3.46. The maximum absolute atomic E-state index is 15.0. The van der Waals surface area contributed by atoms with E-state index in [1.54, 1.807) is 22.6 Å². The molecule has 0 spiro atoms. The van der Waals surface area contributed by atoms with Gasteiger partial charge in [-0.15, -0.1) is 0 Å². The van der Waals surface area contributed by atoms with Crippen molar-refractivity contribution in [3.8, 4) is 17.2 Å². The monoisotopic (exact) mass is 510 g/mol. The maximum Gasteiger partial charge on any atom is 0.208 e. The molecule has 2 aliphatic rings. The number of benzene rings is 1. The van der Waals surface area contributed by atoms with Crippen molar-refractivity contribution in [2.45, 2.75) is 31.9 Å². The standard InChI is InChI=1S/C26H25ClF2N6O/c1-26-8-6-21(28)19(20(26)7-9-36-26)12-32-25-31-11-18(24-33-16(10-30)14-35(24)25)17-5-4-15(13-34(2)3)23(29)22(17)27/h4-6,11,14H,7-9,12-13H2,1-3H3,(H,31,32). The minimum absolute atomic E-state index is 0.0397. The van der Waals surface area contributed by atoms with Crippen LogP contribution < -0.4 is 5.32 Å². The van der Waals surface area contributed by atoms with Crippen molar-refractivity contribution in [3.05, 3.63) is 69.7 Å². The van der Waals surface area contributed by atoms with Gasteiger partial charge in [0.1, 0.15) is 17.7 Å². The van der Waals surface area contributed by atoms with Gasteiger partial charge in [-0.05, 0) is 39.1 Å². The lowest BCUT2D eigenvalue weighted by Gasteiger charge is -2.29. The molecule has 1 atom stereocenters. The SMILES string of the molecule is CN(C)Cc1ccc(-c2cnc(NCC3=C4CCOC4(C)CC=C3F)n3cc(C#N)nc23)c(Cl)c1F. The fourth-order valence-corrected chi connectivity index (χ4v) is 5.19. The molecule has 3 heterocycles. The van der Waals surface area contributed by atoms with Crippen LogP contribution in [0.2, 0.25) is 5.02 Å². The van der Waals surface area contributed by atoms with E-state index in [-0.39, 0.29) is 23.1 Å². The number of imidazole rings is 1. The minimum Gasteiger partial charge on any atom is -0.370 e. The van der Waals surface area contributed by atoms with Gasteiger partial charge in [-0.3, -0.25) is 4.40 Å². The molecule has 1 aromatic carbocycles. The second kappa shape index (κ2) is 9.28. The Morgan fingerprint density at radius 3 is 2.86 bits per heavy atom. The van der Waals surface area contributed by atoms with E-state index in [0.29, 0.717) is 59.9 Å². The van der Waals surface area contributed by atoms with Crippen molar-refractivity contribution in [3.63, 3.8) is 0 Å². The van der Waals surface area contributed by atoms with E-state index in [1.807, 2.05) is 32.0 Å². The van der Waals surface area contributed by atoms with Gasteiger partial charge in [-0.2, -0.15) is 5.26 Å². The van der Waals surface area contributed by atoms with E-state index in [4.69, 9.17) is 16.3 Å². The van der Waals surface area contributed by atoms with Crippen LogP contribution in [0.1, 0.15) is 31.0 Å². The summed E-state index contributed by atoms with van der Waals surface area (Å²) in [6.07, 6.45) is 5.80. The minimum atomic E-state index is -0.509. The first kappa shape index (κ1) is 24.4. The molecular formula is C26H25ClF2N6O. The highest BCUT2D eigenvalue weighted by atomic mass is 35.5. The Hall–Kier alpha value is -3.32. The predicted octanol–water partition coefficient (Wildman–Crippen LogP) is 5.27. The fraction of sp³-hybridized carbons (Fsp3) is 0.346. The zero-order valence-corrected chi connectivity index (χ0v) is 21.0. The molecule has 1 aliphatic carbocycles. The highest BCUT2D eigenvalue weighted by Gasteiger charge is 2.39. The second-order valence-electron chi connectivity index (χ2n) is 9.46. The third kappa shape index (κ3) is 4.15. The van der Waals surface area contributed by atoms with Crippen molar-refractivity contribution in [2.75, 3.05) is 32.6 Å². The Bertz CT molecular complexity index is 1470. The van der Waals surface area contributed by atoms with Gasteiger partial charge in [0.05, 0.1) is 23.4 Å². The predicted molar refractivity (Wildman–Crippen MR) is 134 cm³/mol. The molecule has 186 valence electrons. The number of anilines is 1. The highest BCUT2D eigenvalue weighted by Crippen LogP contribution is 2.42. The Labute approximate surface area is 212 Å². The number of fused-ring (bicyclic) bond motifs is 2. The summed E-state index contributed by atoms with van der Waals surface area (Å²) in [4.78, 5) is 10.8. The summed E-state index contributed by atoms with van der Waals surface area (Å²) < 4.78 is 37.3. The first-order valence-electron chi connectivity index (χ1n) is 11.6. The molecule has 7 nitrogen and oxygen atoms in total. The number of aromatic nitrogens is 3. The van der Waals surface area contributed by atoms with Crippen molar-refractivity contribution in [2.24, 2.45) is 0 Å². The number of nitrogens with one attached hydrogen (secondary N) is 1. The van der Waals surface area contributed by atoms with E-state index in [1.165, 1.54) is 12.4 Å². The molecule has 0 bridgehead atoms. The van der Waals surface area contributed by atoms with Crippen molar-refractivity contribution >= 4 is 23.2 Å². The number of nitrogens with zero attached hydrogens (tertiary/aromatic N) is 5. The maximum atomic E-state index is 15.0. The number of hydrogen-bond acceptors (Lipinski definition) is 6. The van der Waals surface area contributed by atoms with E-state index in [2.05, 4.69) is 15.3 Å². The number of halogens is 3. The third-order valence-electron chi connectivity index (χ3n) is 6.70. The van der Waals surface area contributed by atoms with E-state index in [9.17, 15) is 9.65 Å². The van der Waals surface area contributed by atoms with Crippen LogP contribution in [0.3, 0.4) is 0 Å². The molecule has 0 saturated carbocycles. The summed E-state index contributed by atoms with van der Waals surface area (Å²) >= 11 is 6.44. The Balaban J connectivity index is 1.53. The topological polar surface area (TPSA) is 78.5 Å². The lowest BCUT2D eigenvalue weighted by molar-refractivity contribution is 0.0401. The van der Waals surface area contributed by atoms with E-state index < -0.39 is 11.4 Å². The van der Waals surface area contributed by atoms with Gasteiger partial charge in [0.25, 0.3) is 0 Å². The van der Waals surface area contributed by atoms with Crippen LogP contribution in [0.5, 0.6) is 0 Å². The summed E-state index contributed by atoms with van der Waals surface area (Å²) in [5, 5.41) is 12.6. The summed E-state index contributed by atoms with van der Waals surface area (Å²) in [6.45, 7) is 3.13. The quantitative estimate of drug-likeness (QED) is 0.487. The zero-order chi connectivity index (χ0) is 25.6. The van der Waals surface area contributed by atoms with Crippen molar-refractivity contribution in [1.82, 2.24) is 19.3 Å². The number of hydrogen-bond donors (Lipinski definition) is 1. The van der Waals surface area contributed by atoms with Gasteiger partial charge in [-0.25, -0.2) is 18.7 Å². The van der Waals surface area contributed by atoms with Gasteiger partial charge in [0.2, 0.25) is 5.95 Å². The molecule has 2 aromatic heterocycles. The molecule has 1 aliphatic heterocycles. The van der Waals surface area contributed by atoms with E-state index >= 15 is 4.39 Å². The molecule has 1 N–H and O–H groups in total. The molecule has 10 heteroatoms. The Kier molecular flexibility index (Phi) is 6.29. The van der Waals surface area contributed by atoms with Crippen LogP contribution in [0.25, 0.3) is 16.8 Å². The summed E-state index contributed by atoms with van der Waals surface area (Å²) in [7, 11) is 3.70. The number of ether oxygens (including phenoxy) is 1. The van der Waals surface area contributed by atoms with E-state index in [0.717, 1.165) is 5.57 Å². The lowest BCUT2D eigenvalue weighted by atomic mass is 9.83. The van der Waals surface area contributed by atoms with Crippen LogP contribution in [-0.2, 0) is 11.3 Å². The smallest absolute Gasteiger partial charge is 0.208 e. The Morgan fingerprint density at radius 2 is 2.11 bits per heavy atom. The first-order chi connectivity index (χ1) is 17.2. The average molecular weight is 511 g/mol. The number of rotatable bonds is 6. The molecule has 1 fully saturated rings. The van der Waals surface area contributed by atoms with Crippen molar-refractivity contribution in [1.29, 1.82) is 5.26 Å². The zero-order valence-electron chi connectivity index (χ0n) is 20.2. The van der Waals surface area contributed by atoms with Gasteiger partial charge in [0, 0.05) is 48.0 Å². The van der Waals surface area contributed by atoms with Crippen LogP contribution in [0.15, 0.2) is 47.6 Å². The molecule has 5 rings (SSSR count). The van der Waals surface area contributed by atoms with Crippen LogP contribution >= 0.6 is 11.6 Å². The van der Waals surface area contributed by atoms with Gasteiger partial charge < -0.3 is 15.0 Å². The molecule has 0 amide bonds. The largest absolute Gasteiger partial charge is 0.370 e. The lowest BCUT2D eigenvalue weighted by Crippen LogP contribution is -2.29. The van der Waals surface area contributed by atoms with Gasteiger partial charge >= 0.3 is 0 Å². The molecule has 36 heavy (non-hydrogen) atoms. The molecule has 1 saturated heterocycles. The van der Waals surface area contributed by atoms with Gasteiger partial charge in [-0.1, -0.05) is 23.7 Å². The fourth-order valence-electron chi connectivity index (χ4n) is 4.90. The van der Waals surface area contributed by atoms with Gasteiger partial charge in [0.15, 0.2) is 11.3 Å². The second-order valence-corrected chi connectivity index (χ2v) is 9.84. The molecule has 1 unspecified atom stereocenters. The van der Waals surface area contributed by atoms with Crippen LogP contribution in [0.4, 0.5) is 14.7 Å². The normalized spacial score (nSPS) is 19.6. The first-order valence-corrected chi connectivity index (χ1v) is 12.0. The summed E-state index contributed by atoms with van der Waals surface area (Å²) in [5.74, 6) is -0.405. The van der Waals surface area contributed by atoms with Crippen molar-refractivity contribution < 1.29 is 13.5 Å². The third-order valence-corrected chi connectivity index (χ3v) is 7.07. The molecular weight excluding hydrogens is 486 g/mol. The summed E-state index contributed by atoms with van der Waals surface area (Å²) in [6, 6.07) is 5.44. The molecule has 0 radical (unpaired) electrons. The summed E-state index contributed by atoms with van der Waals surface area (Å²) in [5.41, 5.74) is 2.94. The number of nitriles is 1. The highest BCUT2D eigenvalue weighted by molar-refractivity contribution is 6.33. The van der Waals surface area contributed by atoms with Crippen LogP contribution in [-0.4, -0.2) is 52.1 Å². The van der Waals surface area contributed by atoms with Crippen LogP contribution in [0, 0.1) is 17.1 Å². The Morgan fingerprint density at radius 1 is 1.31 bits per heavy atom.